The van der Waals surface area contributed by atoms with E-state index in [1.54, 1.807) is 0 Å². The number of aliphatic hydroxyl groups excluding tert-OH is 1. The molecule has 1 aromatic carbocycles. The third-order valence-corrected chi connectivity index (χ3v) is 4.41. The van der Waals surface area contributed by atoms with Gasteiger partial charge in [0.05, 0.1) is 11.6 Å². The zero-order valence-electron chi connectivity index (χ0n) is 13.2. The van der Waals surface area contributed by atoms with E-state index >= 15 is 0 Å². The first-order valence-corrected chi connectivity index (χ1v) is 7.61. The van der Waals surface area contributed by atoms with E-state index in [9.17, 15) is 31.9 Å². The van der Waals surface area contributed by atoms with Crippen molar-refractivity contribution >= 4 is 0 Å². The summed E-state index contributed by atoms with van der Waals surface area (Å²) in [5.41, 5.74) is -4.17. The van der Waals surface area contributed by atoms with Gasteiger partial charge in [-0.1, -0.05) is 6.07 Å². The Bertz CT molecular complexity index is 860. The molecule has 2 heterocycles. The number of pyridine rings is 1. The number of benzene rings is 1. The highest BCUT2D eigenvalue weighted by Crippen LogP contribution is 2.44. The van der Waals surface area contributed by atoms with Gasteiger partial charge in [0.1, 0.15) is 25.2 Å². The van der Waals surface area contributed by atoms with Crippen molar-refractivity contribution < 1.29 is 31.8 Å². The summed E-state index contributed by atoms with van der Waals surface area (Å²) in [4.78, 5) is 12.1. The minimum absolute atomic E-state index is 0.182. The second-order valence-electron chi connectivity index (χ2n) is 6.02. The zero-order chi connectivity index (χ0) is 19.1. The first-order chi connectivity index (χ1) is 12.2. The van der Waals surface area contributed by atoms with Crippen molar-refractivity contribution in [1.82, 2.24) is 4.57 Å². The molecule has 2 aromatic rings. The molecule has 4 nitrogen and oxygen atoms in total. The number of ether oxygens (including phenoxy) is 1. The van der Waals surface area contributed by atoms with Crippen molar-refractivity contribution in [2.45, 2.75) is 23.9 Å². The molecule has 0 bridgehead atoms. The molecular weight excluding hydrogens is 361 g/mol. The topological polar surface area (TPSA) is 51.5 Å². The van der Waals surface area contributed by atoms with E-state index < -0.39 is 48.4 Å². The summed E-state index contributed by atoms with van der Waals surface area (Å²) >= 11 is 0. The number of hydrogen-bond acceptors (Lipinski definition) is 3. The molecule has 9 heteroatoms. The summed E-state index contributed by atoms with van der Waals surface area (Å²) in [5.74, 6) is -0.223. The van der Waals surface area contributed by atoms with Gasteiger partial charge < -0.3 is 14.4 Å². The number of nitrogens with zero attached hydrogens (tertiary/aromatic N) is 1. The summed E-state index contributed by atoms with van der Waals surface area (Å²) in [6, 6.07) is 4.86. The summed E-state index contributed by atoms with van der Waals surface area (Å²) in [5, 5.41) is 10.6. The maximum Gasteiger partial charge on any atom is 0.416 e. The average molecular weight is 375 g/mol. The normalized spacial score (nSPS) is 21.8. The molecule has 140 valence electrons. The van der Waals surface area contributed by atoms with Gasteiger partial charge in [0, 0.05) is 17.8 Å². The number of rotatable bonds is 3. The van der Waals surface area contributed by atoms with E-state index in [2.05, 4.69) is 0 Å². The summed E-state index contributed by atoms with van der Waals surface area (Å²) in [6.07, 6.45) is -5.37. The first-order valence-electron chi connectivity index (χ1n) is 7.61. The second kappa shape index (κ2) is 6.39. The van der Waals surface area contributed by atoms with Crippen LogP contribution >= 0.6 is 0 Å². The van der Waals surface area contributed by atoms with Crippen LogP contribution in [0, 0.1) is 0 Å². The standard InChI is InChI=1S/C17H14F5NO3/c18-8-16(9-19)15(25)14(23-6-2-1-3-13(23)24)11-7-10(17(20,21)22)4-5-12(11)26-16/h1-7,14-15,25H,8-9H2/t14-,15+/m0/s1. The minimum atomic E-state index is -4.68. The van der Waals surface area contributed by atoms with E-state index in [4.69, 9.17) is 4.74 Å². The molecule has 1 N–H and O–H groups in total. The van der Waals surface area contributed by atoms with Crippen LogP contribution in [0.4, 0.5) is 22.0 Å². The molecule has 1 aliphatic rings. The monoisotopic (exact) mass is 375 g/mol. The van der Waals surface area contributed by atoms with Crippen LogP contribution in [0.5, 0.6) is 5.75 Å². The lowest BCUT2D eigenvalue weighted by Gasteiger charge is -2.43. The van der Waals surface area contributed by atoms with Gasteiger partial charge >= 0.3 is 6.18 Å². The highest BCUT2D eigenvalue weighted by atomic mass is 19.4. The molecule has 1 aromatic heterocycles. The van der Waals surface area contributed by atoms with E-state index in [1.807, 2.05) is 0 Å². The number of hydrogen-bond donors (Lipinski definition) is 1. The van der Waals surface area contributed by atoms with Crippen molar-refractivity contribution in [3.8, 4) is 5.75 Å². The molecule has 0 amide bonds. The van der Waals surface area contributed by atoms with Crippen LogP contribution in [0.15, 0.2) is 47.4 Å². The van der Waals surface area contributed by atoms with E-state index in [1.165, 1.54) is 18.3 Å². The zero-order valence-corrected chi connectivity index (χ0v) is 13.2. The largest absolute Gasteiger partial charge is 0.479 e. The highest BCUT2D eigenvalue weighted by Gasteiger charge is 2.51. The van der Waals surface area contributed by atoms with Crippen molar-refractivity contribution in [1.29, 1.82) is 0 Å². The highest BCUT2D eigenvalue weighted by molar-refractivity contribution is 5.44. The Hall–Kier alpha value is -2.42. The molecule has 2 atom stereocenters. The lowest BCUT2D eigenvalue weighted by atomic mass is 9.84. The molecule has 0 saturated heterocycles. The fourth-order valence-corrected chi connectivity index (χ4v) is 3.01. The summed E-state index contributed by atoms with van der Waals surface area (Å²) in [6.45, 7) is -2.85. The van der Waals surface area contributed by atoms with E-state index in [0.717, 1.165) is 16.7 Å². The molecule has 0 fully saturated rings. The Balaban J connectivity index is 2.27. The SMILES string of the molecule is O=c1ccccn1[C@H]1c2cc(C(F)(F)F)ccc2OC(CF)(CF)[C@@H]1O. The quantitative estimate of drug-likeness (QED) is 0.840. The Labute approximate surface area is 144 Å². The second-order valence-corrected chi connectivity index (χ2v) is 6.02. The van der Waals surface area contributed by atoms with Crippen molar-refractivity contribution in [2.24, 2.45) is 0 Å². The molecule has 0 aliphatic carbocycles. The Kier molecular flexibility index (Phi) is 4.51. The predicted octanol–water partition coefficient (Wildman–Crippen LogP) is 2.89. The minimum Gasteiger partial charge on any atom is -0.479 e. The number of aromatic nitrogens is 1. The lowest BCUT2D eigenvalue weighted by molar-refractivity contribution is -0.138. The Morgan fingerprint density at radius 3 is 2.42 bits per heavy atom. The van der Waals surface area contributed by atoms with Crippen molar-refractivity contribution in [3.63, 3.8) is 0 Å². The van der Waals surface area contributed by atoms with Gasteiger partial charge in [-0.05, 0) is 24.3 Å². The molecular formula is C17H14F5NO3. The third kappa shape index (κ3) is 2.86. The molecule has 26 heavy (non-hydrogen) atoms. The number of halogens is 5. The molecule has 0 spiro atoms. The Morgan fingerprint density at radius 1 is 1.15 bits per heavy atom. The van der Waals surface area contributed by atoms with E-state index in [0.29, 0.717) is 12.1 Å². The van der Waals surface area contributed by atoms with Crippen LogP contribution in [0.2, 0.25) is 0 Å². The summed E-state index contributed by atoms with van der Waals surface area (Å²) < 4.78 is 72.4. The molecule has 1 aliphatic heterocycles. The lowest BCUT2D eigenvalue weighted by Crippen LogP contribution is -2.58. The fraction of sp³-hybridized carbons (Fsp3) is 0.353. The molecule has 3 rings (SSSR count). The maximum absolute atomic E-state index is 13.5. The fourth-order valence-electron chi connectivity index (χ4n) is 3.01. The van der Waals surface area contributed by atoms with Crippen molar-refractivity contribution in [3.05, 3.63) is 64.1 Å². The van der Waals surface area contributed by atoms with Crippen LogP contribution < -0.4 is 10.3 Å². The van der Waals surface area contributed by atoms with Gasteiger partial charge in [-0.25, -0.2) is 8.78 Å². The predicted molar refractivity (Wildman–Crippen MR) is 81.6 cm³/mol. The van der Waals surface area contributed by atoms with Crippen LogP contribution in [0.1, 0.15) is 17.2 Å². The van der Waals surface area contributed by atoms with Gasteiger partial charge in [-0.2, -0.15) is 13.2 Å². The summed E-state index contributed by atoms with van der Waals surface area (Å²) in [7, 11) is 0. The van der Waals surface area contributed by atoms with E-state index in [-0.39, 0.29) is 11.3 Å². The van der Waals surface area contributed by atoms with Crippen LogP contribution in [0.25, 0.3) is 0 Å². The maximum atomic E-state index is 13.5. The average Bonchev–Trinajstić information content (AvgIpc) is 2.61. The van der Waals surface area contributed by atoms with Crippen LogP contribution in [-0.4, -0.2) is 34.7 Å². The van der Waals surface area contributed by atoms with Crippen LogP contribution in [-0.2, 0) is 6.18 Å². The van der Waals surface area contributed by atoms with Gasteiger partial charge in [-0.15, -0.1) is 0 Å². The van der Waals surface area contributed by atoms with Gasteiger partial charge in [0.25, 0.3) is 5.56 Å². The van der Waals surface area contributed by atoms with Crippen LogP contribution in [0.3, 0.4) is 0 Å². The van der Waals surface area contributed by atoms with Gasteiger partial charge in [0.15, 0.2) is 5.60 Å². The smallest absolute Gasteiger partial charge is 0.416 e. The Morgan fingerprint density at radius 2 is 1.85 bits per heavy atom. The van der Waals surface area contributed by atoms with Crippen molar-refractivity contribution in [2.75, 3.05) is 13.3 Å². The number of fused-ring (bicyclic) bond motifs is 1. The first kappa shape index (κ1) is 18.4. The number of aliphatic hydroxyl groups is 1. The molecule has 0 unspecified atom stereocenters. The van der Waals surface area contributed by atoms with Gasteiger partial charge in [-0.3, -0.25) is 4.79 Å². The third-order valence-electron chi connectivity index (χ3n) is 4.41. The molecule has 0 saturated carbocycles. The number of alkyl halides is 5. The van der Waals surface area contributed by atoms with Gasteiger partial charge in [0.2, 0.25) is 0 Å². The molecule has 0 radical (unpaired) electrons.